The maximum absolute atomic E-state index is 4.19. The molecule has 0 aromatic heterocycles. The predicted octanol–water partition coefficient (Wildman–Crippen LogP) is 10.2. The lowest BCUT2D eigenvalue weighted by Gasteiger charge is -2.44. The van der Waals surface area contributed by atoms with Crippen molar-refractivity contribution < 1.29 is 0 Å². The van der Waals surface area contributed by atoms with Gasteiger partial charge in [0.1, 0.15) is 0 Å². The minimum absolute atomic E-state index is 0.0937. The van der Waals surface area contributed by atoms with E-state index in [1.807, 2.05) is 0 Å². The molecule has 5 aromatic rings. The smallest absolute Gasteiger partial charge is 0.252 e. The van der Waals surface area contributed by atoms with Crippen LogP contribution in [-0.2, 0) is 23.4 Å². The molecule has 3 heterocycles. The highest BCUT2D eigenvalue weighted by atomic mass is 31.1. The maximum atomic E-state index is 4.19. The minimum atomic E-state index is 0.0937. The molecule has 0 saturated heterocycles. The van der Waals surface area contributed by atoms with Crippen molar-refractivity contribution in [2.45, 2.75) is 77.5 Å². The molecule has 5 aromatic carbocycles. The van der Waals surface area contributed by atoms with Crippen LogP contribution in [-0.4, -0.2) is 24.5 Å². The number of fused-ring (bicyclic) bond motifs is 4. The molecular formula is C44H45BN2P2. The molecule has 0 bridgehead atoms. The molecule has 0 radical (unpaired) electrons. The second kappa shape index (κ2) is 11.9. The van der Waals surface area contributed by atoms with Gasteiger partial charge in [0.15, 0.2) is 0 Å². The summed E-state index contributed by atoms with van der Waals surface area (Å²) in [5.41, 5.74) is 19.3. The summed E-state index contributed by atoms with van der Waals surface area (Å²) in [5, 5.41) is 0. The van der Waals surface area contributed by atoms with Crippen molar-refractivity contribution in [3.8, 4) is 0 Å². The lowest BCUT2D eigenvalue weighted by molar-refractivity contribution is 0.590. The summed E-state index contributed by atoms with van der Waals surface area (Å²) in [5.74, 6) is 2.42. The normalized spacial score (nSPS) is 16.4. The summed E-state index contributed by atoms with van der Waals surface area (Å²) < 4.78 is 0. The van der Waals surface area contributed by atoms with Gasteiger partial charge in [-0.05, 0) is 123 Å². The van der Waals surface area contributed by atoms with Crippen LogP contribution in [0.25, 0.3) is 0 Å². The van der Waals surface area contributed by atoms with Crippen LogP contribution in [0.4, 0.5) is 34.1 Å². The molecular weight excluding hydrogens is 629 g/mol. The van der Waals surface area contributed by atoms with Crippen LogP contribution in [0, 0.1) is 6.92 Å². The van der Waals surface area contributed by atoms with Gasteiger partial charge in [-0.2, -0.15) is 0 Å². The lowest BCUT2D eigenvalue weighted by Crippen LogP contribution is -2.61. The van der Waals surface area contributed by atoms with Gasteiger partial charge < -0.3 is 9.80 Å². The average Bonchev–Trinajstić information content (AvgIpc) is 3.88. The first-order valence-electron chi connectivity index (χ1n) is 17.6. The van der Waals surface area contributed by atoms with Crippen LogP contribution in [0.2, 0.25) is 0 Å². The van der Waals surface area contributed by atoms with Crippen molar-refractivity contribution in [2.24, 2.45) is 0 Å². The van der Waals surface area contributed by atoms with Crippen molar-refractivity contribution in [2.75, 3.05) is 9.80 Å². The van der Waals surface area contributed by atoms with Crippen molar-refractivity contribution >= 4 is 85.7 Å². The van der Waals surface area contributed by atoms with E-state index in [1.54, 1.807) is 0 Å². The average molecular weight is 675 g/mol. The summed E-state index contributed by atoms with van der Waals surface area (Å²) >= 11 is 0. The van der Waals surface area contributed by atoms with Gasteiger partial charge in [0.05, 0.1) is 0 Å². The van der Waals surface area contributed by atoms with Crippen molar-refractivity contribution in [1.82, 2.24) is 0 Å². The zero-order valence-electron chi connectivity index (χ0n) is 29.9. The first-order valence-corrected chi connectivity index (χ1v) is 19.9. The Bertz CT molecular complexity index is 2110. The standard InChI is InChI=1S/C44H45BN2P2/c1-28-21-40-42-41(22-28)47(34-17-13-32(14-18-34)44(5,6)7)39-20-10-30(26-48-8)25-37(39)45(42)36-24-29(23-35-27-49-35)9-19-38(36)46(40)33-15-11-31(12-16-33)43(2,3)4/h9-22,24-25,27,35H,8,23,26H2,1-7H3. The zero-order valence-corrected chi connectivity index (χ0v) is 31.7. The molecule has 3 aliphatic heterocycles. The van der Waals surface area contributed by atoms with Crippen LogP contribution < -0.4 is 26.2 Å². The van der Waals surface area contributed by atoms with Gasteiger partial charge in [0, 0.05) is 45.9 Å². The molecule has 0 fully saturated rings. The quantitative estimate of drug-likeness (QED) is 0.128. The third kappa shape index (κ3) is 5.80. The second-order valence-electron chi connectivity index (χ2n) is 16.2. The van der Waals surface area contributed by atoms with E-state index >= 15 is 0 Å². The van der Waals surface area contributed by atoms with Gasteiger partial charge >= 0.3 is 0 Å². The van der Waals surface area contributed by atoms with Gasteiger partial charge in [-0.1, -0.05) is 105 Å². The van der Waals surface area contributed by atoms with Crippen LogP contribution in [0.3, 0.4) is 0 Å². The van der Waals surface area contributed by atoms with E-state index in [-0.39, 0.29) is 17.5 Å². The van der Waals surface area contributed by atoms with E-state index in [0.717, 1.165) is 20.8 Å². The van der Waals surface area contributed by atoms with Crippen LogP contribution in [0.5, 0.6) is 0 Å². The topological polar surface area (TPSA) is 6.48 Å². The highest BCUT2D eigenvalue weighted by Gasteiger charge is 2.43. The minimum Gasteiger partial charge on any atom is -0.311 e. The van der Waals surface area contributed by atoms with Crippen LogP contribution in [0.1, 0.15) is 69.4 Å². The third-order valence-corrected chi connectivity index (χ3v) is 11.9. The molecule has 0 N–H and O–H groups in total. The highest BCUT2D eigenvalue weighted by molar-refractivity contribution is 7.51. The van der Waals surface area contributed by atoms with Crippen molar-refractivity contribution in [1.29, 1.82) is 0 Å². The Morgan fingerprint density at radius 1 is 0.653 bits per heavy atom. The monoisotopic (exact) mass is 674 g/mol. The Morgan fingerprint density at radius 3 is 1.57 bits per heavy atom. The Morgan fingerprint density at radius 2 is 1.12 bits per heavy atom. The fourth-order valence-electron chi connectivity index (χ4n) is 7.78. The maximum Gasteiger partial charge on any atom is 0.252 e. The number of rotatable bonds is 6. The van der Waals surface area contributed by atoms with Gasteiger partial charge in [-0.25, -0.2) is 0 Å². The van der Waals surface area contributed by atoms with Gasteiger partial charge in [0.2, 0.25) is 0 Å². The summed E-state index contributed by atoms with van der Waals surface area (Å²) in [7, 11) is 2.62. The van der Waals surface area contributed by atoms with E-state index in [9.17, 15) is 0 Å². The Hall–Kier alpha value is -3.90. The lowest BCUT2D eigenvalue weighted by atomic mass is 9.33. The Labute approximate surface area is 296 Å². The van der Waals surface area contributed by atoms with Crippen LogP contribution in [0.15, 0.2) is 97.1 Å². The first kappa shape index (κ1) is 32.3. The number of benzene rings is 5. The van der Waals surface area contributed by atoms with Gasteiger partial charge in [-0.15, -0.1) is 8.20 Å². The van der Waals surface area contributed by atoms with Crippen molar-refractivity contribution in [3.63, 3.8) is 0 Å². The van der Waals surface area contributed by atoms with Gasteiger partial charge in [-0.3, -0.25) is 0 Å². The number of anilines is 6. The molecule has 0 aliphatic carbocycles. The fraction of sp³-hybridized carbons (Fsp3) is 0.273. The SMILES string of the molecule is C=PCc1ccc2c(c1)B1c3cc(CC4C=P4)ccc3N(c3ccc(C(C)(C)C)cc3)c3cc(C)cc(c31)N2c1ccc(C(C)(C)C)cc1. The number of hydrogen-bond donors (Lipinski definition) is 0. The third-order valence-electron chi connectivity index (χ3n) is 10.4. The summed E-state index contributed by atoms with van der Waals surface area (Å²) in [6.45, 7) is 16.1. The van der Waals surface area contributed by atoms with Gasteiger partial charge in [0.25, 0.3) is 6.71 Å². The van der Waals surface area contributed by atoms with Crippen LogP contribution >= 0.6 is 16.4 Å². The summed E-state index contributed by atoms with van der Waals surface area (Å²) in [4.78, 5) is 5.07. The van der Waals surface area contributed by atoms with E-state index in [4.69, 9.17) is 0 Å². The number of nitrogens with zero attached hydrogens (tertiary/aromatic N) is 2. The molecule has 1 atom stereocenters. The van der Waals surface area contributed by atoms with E-state index < -0.39 is 0 Å². The number of hydrogen-bond acceptors (Lipinski definition) is 2. The molecule has 244 valence electrons. The number of aryl methyl sites for hydroxylation is 1. The largest absolute Gasteiger partial charge is 0.311 e. The predicted molar refractivity (Wildman–Crippen MR) is 221 cm³/mol. The van der Waals surface area contributed by atoms with E-state index in [1.165, 1.54) is 86.5 Å². The molecule has 2 nitrogen and oxygen atoms in total. The summed E-state index contributed by atoms with van der Waals surface area (Å²) in [6, 6.07) is 37.9. The molecule has 3 aliphatic rings. The molecule has 1 unspecified atom stereocenters. The molecule has 8 rings (SSSR count). The second-order valence-corrected chi connectivity index (χ2v) is 18.2. The molecule has 5 heteroatoms. The Kier molecular flexibility index (Phi) is 7.83. The molecule has 0 amide bonds. The molecule has 0 saturated carbocycles. The van der Waals surface area contributed by atoms with E-state index in [0.29, 0.717) is 5.66 Å². The highest BCUT2D eigenvalue weighted by Crippen LogP contribution is 2.45. The van der Waals surface area contributed by atoms with Crippen molar-refractivity contribution in [3.05, 3.63) is 125 Å². The Balaban J connectivity index is 1.40. The molecule has 49 heavy (non-hydrogen) atoms. The zero-order chi connectivity index (χ0) is 34.2. The van der Waals surface area contributed by atoms with E-state index in [2.05, 4.69) is 167 Å². The summed E-state index contributed by atoms with van der Waals surface area (Å²) in [6.07, 6.45) is 6.25. The first-order chi connectivity index (χ1) is 23.4. The fourth-order valence-corrected chi connectivity index (χ4v) is 8.78. The molecule has 0 spiro atoms.